The molecule has 1 rings (SSSR count). The van der Waals surface area contributed by atoms with E-state index < -0.39 is 15.6 Å². The van der Waals surface area contributed by atoms with Crippen LogP contribution in [0.15, 0.2) is 0 Å². The molecule has 4 nitrogen and oxygen atoms in total. The lowest BCUT2D eigenvalue weighted by molar-refractivity contribution is 0.381. The molecule has 0 bridgehead atoms. The average Bonchev–Trinajstić information content (AvgIpc) is 2.29. The van der Waals surface area contributed by atoms with Crippen molar-refractivity contribution in [2.45, 2.75) is 57.9 Å². The van der Waals surface area contributed by atoms with Gasteiger partial charge in [-0.05, 0) is 32.1 Å². The second-order valence-electron chi connectivity index (χ2n) is 5.18. The molecule has 0 aliphatic heterocycles. The fourth-order valence-electron chi connectivity index (χ4n) is 2.22. The zero-order chi connectivity index (χ0) is 12.9. The maximum atomic E-state index is 12.0. The van der Waals surface area contributed by atoms with E-state index in [1.165, 1.54) is 6.42 Å². The number of hydrogen-bond donors (Lipinski definition) is 1. The Bertz CT molecular complexity index is 380. The summed E-state index contributed by atoms with van der Waals surface area (Å²) in [6.07, 6.45) is 5.95. The minimum atomic E-state index is -3.34. The van der Waals surface area contributed by atoms with E-state index in [1.807, 2.05) is 13.0 Å². The van der Waals surface area contributed by atoms with Crippen molar-refractivity contribution in [3.05, 3.63) is 0 Å². The smallest absolute Gasteiger partial charge is 0.212 e. The van der Waals surface area contributed by atoms with E-state index in [4.69, 9.17) is 5.26 Å². The molecule has 1 N–H and O–H groups in total. The number of nitrogens with one attached hydrogen (secondary N) is 1. The van der Waals surface area contributed by atoms with Crippen LogP contribution in [-0.4, -0.2) is 19.7 Å². The highest BCUT2D eigenvalue weighted by molar-refractivity contribution is 7.89. The van der Waals surface area contributed by atoms with Crippen LogP contribution in [0, 0.1) is 17.2 Å². The predicted molar refractivity (Wildman–Crippen MR) is 67.8 cm³/mol. The van der Waals surface area contributed by atoms with Crippen LogP contribution in [-0.2, 0) is 10.0 Å². The van der Waals surface area contributed by atoms with Crippen LogP contribution in [0.1, 0.15) is 52.4 Å². The SMILES string of the molecule is CCC(C)(C#N)NS(=O)(=O)CC1CCCCC1. The summed E-state index contributed by atoms with van der Waals surface area (Å²) in [6, 6.07) is 2.03. The summed E-state index contributed by atoms with van der Waals surface area (Å²) in [6.45, 7) is 3.44. The van der Waals surface area contributed by atoms with Gasteiger partial charge in [0.2, 0.25) is 10.0 Å². The number of nitriles is 1. The van der Waals surface area contributed by atoms with Crippen LogP contribution in [0.3, 0.4) is 0 Å². The van der Waals surface area contributed by atoms with E-state index >= 15 is 0 Å². The van der Waals surface area contributed by atoms with Gasteiger partial charge in [0, 0.05) is 0 Å². The molecule has 1 unspecified atom stereocenters. The Morgan fingerprint density at radius 2 is 1.94 bits per heavy atom. The minimum Gasteiger partial charge on any atom is -0.212 e. The molecule has 17 heavy (non-hydrogen) atoms. The summed E-state index contributed by atoms with van der Waals surface area (Å²) < 4.78 is 26.5. The third kappa shape index (κ3) is 4.64. The molecule has 5 heteroatoms. The Morgan fingerprint density at radius 1 is 1.35 bits per heavy atom. The molecule has 1 aliphatic carbocycles. The largest absolute Gasteiger partial charge is 0.213 e. The Morgan fingerprint density at radius 3 is 2.41 bits per heavy atom. The van der Waals surface area contributed by atoms with Gasteiger partial charge in [0.1, 0.15) is 5.54 Å². The average molecular weight is 258 g/mol. The fraction of sp³-hybridized carbons (Fsp3) is 0.917. The number of rotatable bonds is 5. The van der Waals surface area contributed by atoms with Crippen LogP contribution in [0.2, 0.25) is 0 Å². The number of nitrogens with zero attached hydrogens (tertiary/aromatic N) is 1. The molecule has 1 atom stereocenters. The third-order valence-electron chi connectivity index (χ3n) is 3.51. The molecule has 0 radical (unpaired) electrons. The monoisotopic (exact) mass is 258 g/mol. The summed E-state index contributed by atoms with van der Waals surface area (Å²) >= 11 is 0. The van der Waals surface area contributed by atoms with Gasteiger partial charge in [0.05, 0.1) is 11.8 Å². The van der Waals surface area contributed by atoms with Gasteiger partial charge in [-0.15, -0.1) is 0 Å². The Balaban J connectivity index is 2.59. The highest BCUT2D eigenvalue weighted by Crippen LogP contribution is 2.25. The van der Waals surface area contributed by atoms with Crippen molar-refractivity contribution in [1.82, 2.24) is 4.72 Å². The van der Waals surface area contributed by atoms with Crippen molar-refractivity contribution in [3.8, 4) is 6.07 Å². The standard InChI is InChI=1S/C12H22N2O2S/c1-3-12(2,10-13)14-17(15,16)9-11-7-5-4-6-8-11/h11,14H,3-9H2,1-2H3. The Kier molecular flexibility index (Phi) is 4.96. The zero-order valence-corrected chi connectivity index (χ0v) is 11.5. The van der Waals surface area contributed by atoms with Crippen molar-refractivity contribution in [2.24, 2.45) is 5.92 Å². The molecule has 98 valence electrons. The van der Waals surface area contributed by atoms with Crippen LogP contribution < -0.4 is 4.72 Å². The molecule has 0 amide bonds. The quantitative estimate of drug-likeness (QED) is 0.821. The lowest BCUT2D eigenvalue weighted by atomic mass is 9.91. The summed E-state index contributed by atoms with van der Waals surface area (Å²) in [5.41, 5.74) is -0.965. The maximum absolute atomic E-state index is 12.0. The molecule has 1 saturated carbocycles. The molecule has 1 fully saturated rings. The van der Waals surface area contributed by atoms with Gasteiger partial charge in [0.25, 0.3) is 0 Å². The van der Waals surface area contributed by atoms with Gasteiger partial charge in [-0.1, -0.05) is 26.2 Å². The van der Waals surface area contributed by atoms with Gasteiger partial charge in [-0.2, -0.15) is 9.98 Å². The summed E-state index contributed by atoms with van der Waals surface area (Å²) in [5.74, 6) is 0.436. The van der Waals surface area contributed by atoms with E-state index in [2.05, 4.69) is 4.72 Å². The lowest BCUT2D eigenvalue weighted by Gasteiger charge is -2.25. The first-order valence-electron chi connectivity index (χ1n) is 6.34. The Labute approximate surface area is 104 Å². The highest BCUT2D eigenvalue weighted by atomic mass is 32.2. The maximum Gasteiger partial charge on any atom is 0.213 e. The minimum absolute atomic E-state index is 0.171. The van der Waals surface area contributed by atoms with Gasteiger partial charge < -0.3 is 0 Å². The molecule has 0 heterocycles. The van der Waals surface area contributed by atoms with Crippen molar-refractivity contribution in [1.29, 1.82) is 5.26 Å². The van der Waals surface area contributed by atoms with Crippen LogP contribution in [0.25, 0.3) is 0 Å². The van der Waals surface area contributed by atoms with E-state index in [0.29, 0.717) is 6.42 Å². The first kappa shape index (κ1) is 14.5. The van der Waals surface area contributed by atoms with Gasteiger partial charge in [-0.3, -0.25) is 0 Å². The van der Waals surface area contributed by atoms with E-state index in [0.717, 1.165) is 25.7 Å². The fourth-order valence-corrected chi connectivity index (χ4v) is 4.14. The lowest BCUT2D eigenvalue weighted by Crippen LogP contribution is -2.46. The van der Waals surface area contributed by atoms with Crippen LogP contribution in [0.5, 0.6) is 0 Å². The van der Waals surface area contributed by atoms with Gasteiger partial charge in [-0.25, -0.2) is 8.42 Å². The molecular formula is C12H22N2O2S. The predicted octanol–water partition coefficient (Wildman–Crippen LogP) is 2.18. The van der Waals surface area contributed by atoms with E-state index in [9.17, 15) is 8.42 Å². The van der Waals surface area contributed by atoms with Crippen molar-refractivity contribution in [3.63, 3.8) is 0 Å². The second kappa shape index (κ2) is 5.83. The van der Waals surface area contributed by atoms with Crippen LogP contribution in [0.4, 0.5) is 0 Å². The molecule has 0 saturated heterocycles. The highest BCUT2D eigenvalue weighted by Gasteiger charge is 2.29. The normalized spacial score (nSPS) is 21.7. The number of sulfonamides is 1. The van der Waals surface area contributed by atoms with E-state index in [1.54, 1.807) is 6.92 Å². The van der Waals surface area contributed by atoms with Crippen molar-refractivity contribution in [2.75, 3.05) is 5.75 Å². The molecule has 0 aromatic rings. The number of hydrogen-bond acceptors (Lipinski definition) is 3. The summed E-state index contributed by atoms with van der Waals surface area (Å²) in [5, 5.41) is 8.98. The van der Waals surface area contributed by atoms with Gasteiger partial charge >= 0.3 is 0 Å². The molecule has 0 aromatic heterocycles. The van der Waals surface area contributed by atoms with Crippen molar-refractivity contribution < 1.29 is 8.42 Å². The Hall–Kier alpha value is -0.600. The van der Waals surface area contributed by atoms with Crippen LogP contribution >= 0.6 is 0 Å². The van der Waals surface area contributed by atoms with E-state index in [-0.39, 0.29) is 11.7 Å². The second-order valence-corrected chi connectivity index (χ2v) is 6.95. The molecular weight excluding hydrogens is 236 g/mol. The first-order valence-corrected chi connectivity index (χ1v) is 7.99. The third-order valence-corrected chi connectivity index (χ3v) is 5.19. The topological polar surface area (TPSA) is 70.0 Å². The molecule has 1 aliphatic rings. The zero-order valence-electron chi connectivity index (χ0n) is 10.7. The summed E-state index contributed by atoms with van der Waals surface area (Å²) in [4.78, 5) is 0. The van der Waals surface area contributed by atoms with Gasteiger partial charge in [0.15, 0.2) is 0 Å². The summed E-state index contributed by atoms with van der Waals surface area (Å²) in [7, 11) is -3.34. The molecule has 0 spiro atoms. The molecule has 0 aromatic carbocycles. The first-order chi connectivity index (χ1) is 7.91. The van der Waals surface area contributed by atoms with Crippen molar-refractivity contribution >= 4 is 10.0 Å².